The Labute approximate surface area is 111 Å². The summed E-state index contributed by atoms with van der Waals surface area (Å²) in [6.45, 7) is 2.21. The topological polar surface area (TPSA) is 80.4 Å². The monoisotopic (exact) mass is 257 g/mol. The lowest BCUT2D eigenvalue weighted by Crippen LogP contribution is -2.10. The second-order valence-electron chi connectivity index (χ2n) is 4.59. The minimum absolute atomic E-state index is 0.191. The number of hydrogen-bond donors (Lipinski definition) is 3. The maximum absolute atomic E-state index is 10.1. The van der Waals surface area contributed by atoms with E-state index in [1.54, 1.807) is 13.1 Å². The number of nitrogens with two attached hydrogens (primary N) is 1. The summed E-state index contributed by atoms with van der Waals surface area (Å²) in [6.07, 6.45) is 1.37. The Morgan fingerprint density at radius 1 is 1.47 bits per heavy atom. The van der Waals surface area contributed by atoms with Crippen molar-refractivity contribution < 1.29 is 9.84 Å². The molecular weight excluding hydrogens is 242 g/mol. The molecule has 0 radical (unpaired) electrons. The number of hydrogen-bond acceptors (Lipinski definition) is 5. The van der Waals surface area contributed by atoms with Crippen LogP contribution in [-0.4, -0.2) is 10.1 Å². The van der Waals surface area contributed by atoms with Crippen LogP contribution in [0.3, 0.4) is 0 Å². The molecule has 0 saturated carbocycles. The van der Waals surface area contributed by atoms with Crippen molar-refractivity contribution in [3.63, 3.8) is 0 Å². The number of aromatic nitrogens is 1. The maximum Gasteiger partial charge on any atom is 0.158 e. The number of aryl methyl sites for hydroxylation is 1. The van der Waals surface area contributed by atoms with Crippen LogP contribution in [0.1, 0.15) is 23.0 Å². The van der Waals surface area contributed by atoms with Gasteiger partial charge in [-0.25, -0.2) is 0 Å². The quantitative estimate of drug-likeness (QED) is 0.719. The van der Waals surface area contributed by atoms with Crippen molar-refractivity contribution in [3.8, 4) is 5.75 Å². The Hall–Kier alpha value is -2.27. The zero-order valence-corrected chi connectivity index (χ0v) is 10.6. The molecule has 5 nitrogen and oxygen atoms in total. The highest BCUT2D eigenvalue weighted by Crippen LogP contribution is 2.38. The van der Waals surface area contributed by atoms with Crippen molar-refractivity contribution in [1.29, 1.82) is 0 Å². The van der Waals surface area contributed by atoms with E-state index < -0.39 is 0 Å². The molecule has 2 heterocycles. The highest BCUT2D eigenvalue weighted by molar-refractivity contribution is 5.56. The highest BCUT2D eigenvalue weighted by Gasteiger charge is 2.28. The lowest BCUT2D eigenvalue weighted by Gasteiger charge is -2.16. The second kappa shape index (κ2) is 4.44. The van der Waals surface area contributed by atoms with Gasteiger partial charge in [-0.1, -0.05) is 6.07 Å². The summed E-state index contributed by atoms with van der Waals surface area (Å²) in [7, 11) is 0. The average Bonchev–Trinajstić information content (AvgIpc) is 2.78. The largest absolute Gasteiger partial charge is 0.506 e. The summed E-state index contributed by atoms with van der Waals surface area (Å²) in [5.41, 5.74) is 9.54. The molecule has 0 fully saturated rings. The normalized spacial score (nSPS) is 17.2. The van der Waals surface area contributed by atoms with Gasteiger partial charge < -0.3 is 20.9 Å². The third kappa shape index (κ3) is 2.08. The van der Waals surface area contributed by atoms with E-state index in [-0.39, 0.29) is 12.0 Å². The van der Waals surface area contributed by atoms with Crippen LogP contribution >= 0.6 is 0 Å². The lowest BCUT2D eigenvalue weighted by molar-refractivity contribution is 0.0848. The minimum Gasteiger partial charge on any atom is -0.506 e. The zero-order chi connectivity index (χ0) is 13.4. The Balaban J connectivity index is 1.92. The molecule has 0 saturated heterocycles. The molecule has 1 aliphatic heterocycles. The van der Waals surface area contributed by atoms with E-state index in [1.807, 2.05) is 24.3 Å². The summed E-state index contributed by atoms with van der Waals surface area (Å²) < 4.78 is 5.65. The molecule has 5 heteroatoms. The summed E-state index contributed by atoms with van der Waals surface area (Å²) in [6, 6.07) is 7.42. The number of ether oxygens (including phenoxy) is 1. The van der Waals surface area contributed by atoms with Gasteiger partial charge in [-0.3, -0.25) is 4.98 Å². The van der Waals surface area contributed by atoms with Gasteiger partial charge in [-0.15, -0.1) is 0 Å². The van der Waals surface area contributed by atoms with Crippen molar-refractivity contribution in [2.24, 2.45) is 0 Å². The molecule has 0 amide bonds. The summed E-state index contributed by atoms with van der Waals surface area (Å²) in [5.74, 6) is 0.191. The molecule has 3 rings (SSSR count). The fourth-order valence-corrected chi connectivity index (χ4v) is 2.21. The molecule has 1 aromatic carbocycles. The van der Waals surface area contributed by atoms with Gasteiger partial charge in [0.15, 0.2) is 6.23 Å². The first-order chi connectivity index (χ1) is 9.15. The Morgan fingerprint density at radius 2 is 2.32 bits per heavy atom. The maximum atomic E-state index is 10.1. The Kier molecular flexibility index (Phi) is 2.76. The van der Waals surface area contributed by atoms with Gasteiger partial charge in [-0.2, -0.15) is 0 Å². The second-order valence-corrected chi connectivity index (χ2v) is 4.59. The van der Waals surface area contributed by atoms with E-state index in [4.69, 9.17) is 10.5 Å². The van der Waals surface area contributed by atoms with Gasteiger partial charge in [0, 0.05) is 23.1 Å². The minimum atomic E-state index is -0.376. The van der Waals surface area contributed by atoms with Crippen LogP contribution in [0, 0.1) is 6.92 Å². The Bertz CT molecular complexity index is 628. The molecule has 1 unspecified atom stereocenters. The van der Waals surface area contributed by atoms with Gasteiger partial charge in [-0.05, 0) is 25.1 Å². The molecule has 0 aliphatic carbocycles. The molecule has 19 heavy (non-hydrogen) atoms. The molecule has 4 N–H and O–H groups in total. The van der Waals surface area contributed by atoms with Crippen LogP contribution in [-0.2, 0) is 11.3 Å². The van der Waals surface area contributed by atoms with Gasteiger partial charge in [0.1, 0.15) is 5.75 Å². The van der Waals surface area contributed by atoms with E-state index in [9.17, 15) is 5.11 Å². The summed E-state index contributed by atoms with van der Waals surface area (Å²) in [5, 5.41) is 13.3. The van der Waals surface area contributed by atoms with Crippen molar-refractivity contribution >= 4 is 11.4 Å². The number of aromatic hydroxyl groups is 1. The number of nitrogens with zero attached hydrogens (tertiary/aromatic N) is 1. The van der Waals surface area contributed by atoms with Crippen molar-refractivity contribution in [2.75, 3.05) is 11.1 Å². The molecule has 0 spiro atoms. The van der Waals surface area contributed by atoms with Crippen LogP contribution in [0.2, 0.25) is 0 Å². The predicted octanol–water partition coefficient (Wildman–Crippen LogP) is 2.32. The smallest absolute Gasteiger partial charge is 0.158 e. The number of fused-ring (bicyclic) bond motifs is 1. The van der Waals surface area contributed by atoms with E-state index in [1.165, 1.54) is 0 Å². The van der Waals surface area contributed by atoms with E-state index in [0.717, 1.165) is 16.8 Å². The molecule has 1 atom stereocenters. The van der Waals surface area contributed by atoms with Crippen LogP contribution in [0.25, 0.3) is 0 Å². The lowest BCUT2D eigenvalue weighted by atomic mass is 10.1. The van der Waals surface area contributed by atoms with Crippen molar-refractivity contribution in [1.82, 2.24) is 4.98 Å². The third-order valence-corrected chi connectivity index (χ3v) is 3.21. The number of nitrogen functional groups attached to an aromatic ring is 1. The molecule has 98 valence electrons. The summed E-state index contributed by atoms with van der Waals surface area (Å²) in [4.78, 5) is 4.13. The van der Waals surface area contributed by atoms with Crippen LogP contribution in [0.15, 0.2) is 30.5 Å². The van der Waals surface area contributed by atoms with E-state index in [2.05, 4.69) is 10.3 Å². The first-order valence-electron chi connectivity index (χ1n) is 6.06. The predicted molar refractivity (Wildman–Crippen MR) is 72.6 cm³/mol. The zero-order valence-electron chi connectivity index (χ0n) is 10.6. The van der Waals surface area contributed by atoms with Crippen LogP contribution in [0.4, 0.5) is 11.4 Å². The highest BCUT2D eigenvalue weighted by atomic mass is 16.5. The number of nitrogens with one attached hydrogen (secondary N) is 1. The standard InChI is InChI=1S/C14H15N3O2/c1-8-13(18)12-9(6-16-8)7-19-14(12)17-11-4-2-3-10(15)5-11/h2-6,14,17-18H,7,15H2,1H3. The van der Waals surface area contributed by atoms with E-state index in [0.29, 0.717) is 18.0 Å². The Morgan fingerprint density at radius 3 is 3.11 bits per heavy atom. The number of benzene rings is 1. The fourth-order valence-electron chi connectivity index (χ4n) is 2.21. The molecule has 1 aliphatic rings. The molecule has 1 aromatic heterocycles. The van der Waals surface area contributed by atoms with E-state index >= 15 is 0 Å². The van der Waals surface area contributed by atoms with Gasteiger partial charge in [0.25, 0.3) is 0 Å². The molecular formula is C14H15N3O2. The van der Waals surface area contributed by atoms with Gasteiger partial charge >= 0.3 is 0 Å². The number of pyridine rings is 1. The molecule has 0 bridgehead atoms. The molecule has 2 aromatic rings. The average molecular weight is 257 g/mol. The van der Waals surface area contributed by atoms with Gasteiger partial charge in [0.2, 0.25) is 0 Å². The van der Waals surface area contributed by atoms with Crippen molar-refractivity contribution in [3.05, 3.63) is 47.3 Å². The van der Waals surface area contributed by atoms with Gasteiger partial charge in [0.05, 0.1) is 17.9 Å². The van der Waals surface area contributed by atoms with Crippen LogP contribution in [0.5, 0.6) is 5.75 Å². The fraction of sp³-hybridized carbons (Fsp3) is 0.214. The first kappa shape index (κ1) is 11.8. The summed E-state index contributed by atoms with van der Waals surface area (Å²) >= 11 is 0. The number of rotatable bonds is 2. The number of anilines is 2. The third-order valence-electron chi connectivity index (χ3n) is 3.21. The van der Waals surface area contributed by atoms with Crippen LogP contribution < -0.4 is 11.1 Å². The van der Waals surface area contributed by atoms with Crippen molar-refractivity contribution in [2.45, 2.75) is 19.8 Å². The first-order valence-corrected chi connectivity index (χ1v) is 6.06. The SMILES string of the molecule is Cc1ncc2c(c1O)C(Nc1cccc(N)c1)OC2.